The second-order valence-electron chi connectivity index (χ2n) is 7.68. The van der Waals surface area contributed by atoms with Gasteiger partial charge in [-0.2, -0.15) is 4.98 Å². The number of hydrogen-bond acceptors (Lipinski definition) is 5. The van der Waals surface area contributed by atoms with Crippen molar-refractivity contribution in [3.8, 4) is 0 Å². The standard InChI is InChI=1S/C22H26N4O2/c1-13-6-5-7-18(12-13)25-21(27)17-8-10-26(11-9-17)20-19-14(2)15(3)28-22(19)24-16(4)23-20/h5-7,12,17H,8-11H2,1-4H3,(H,25,27). The number of anilines is 2. The van der Waals surface area contributed by atoms with Crippen molar-refractivity contribution in [1.82, 2.24) is 9.97 Å². The number of benzene rings is 1. The molecular weight excluding hydrogens is 352 g/mol. The first-order chi connectivity index (χ1) is 13.4. The summed E-state index contributed by atoms with van der Waals surface area (Å²) < 4.78 is 5.80. The Morgan fingerprint density at radius 3 is 2.61 bits per heavy atom. The minimum absolute atomic E-state index is 0.0161. The van der Waals surface area contributed by atoms with Crippen LogP contribution in [0.3, 0.4) is 0 Å². The monoisotopic (exact) mass is 378 g/mol. The zero-order chi connectivity index (χ0) is 19.8. The number of furan rings is 1. The third-order valence-corrected chi connectivity index (χ3v) is 5.57. The lowest BCUT2D eigenvalue weighted by atomic mass is 9.95. The average Bonchev–Trinajstić information content (AvgIpc) is 2.95. The Hall–Kier alpha value is -2.89. The van der Waals surface area contributed by atoms with Gasteiger partial charge in [0.05, 0.1) is 5.39 Å². The van der Waals surface area contributed by atoms with Gasteiger partial charge in [-0.15, -0.1) is 0 Å². The van der Waals surface area contributed by atoms with Crippen molar-refractivity contribution in [2.24, 2.45) is 5.92 Å². The molecule has 3 heterocycles. The number of fused-ring (bicyclic) bond motifs is 1. The van der Waals surface area contributed by atoms with Crippen molar-refractivity contribution >= 4 is 28.5 Å². The molecule has 0 unspecified atom stereocenters. The molecule has 1 saturated heterocycles. The summed E-state index contributed by atoms with van der Waals surface area (Å²) in [5.74, 6) is 2.63. The van der Waals surface area contributed by atoms with E-state index in [9.17, 15) is 4.79 Å². The predicted molar refractivity (Wildman–Crippen MR) is 111 cm³/mol. The maximum absolute atomic E-state index is 12.7. The quantitative estimate of drug-likeness (QED) is 0.735. The number of nitrogens with one attached hydrogen (secondary N) is 1. The van der Waals surface area contributed by atoms with E-state index in [1.165, 1.54) is 0 Å². The van der Waals surface area contributed by atoms with E-state index in [-0.39, 0.29) is 11.8 Å². The molecule has 6 nitrogen and oxygen atoms in total. The Morgan fingerprint density at radius 1 is 1.14 bits per heavy atom. The highest BCUT2D eigenvalue weighted by Crippen LogP contribution is 2.33. The van der Waals surface area contributed by atoms with E-state index in [0.717, 1.165) is 59.7 Å². The maximum atomic E-state index is 12.7. The van der Waals surface area contributed by atoms with Gasteiger partial charge < -0.3 is 14.6 Å². The average molecular weight is 378 g/mol. The van der Waals surface area contributed by atoms with Gasteiger partial charge >= 0.3 is 0 Å². The summed E-state index contributed by atoms with van der Waals surface area (Å²) in [6.45, 7) is 9.50. The SMILES string of the molecule is Cc1cccc(NC(=O)C2CCN(c3nc(C)nc4oc(C)c(C)c34)CC2)c1. The van der Waals surface area contributed by atoms with Crippen LogP contribution in [0.5, 0.6) is 0 Å². The first-order valence-corrected chi connectivity index (χ1v) is 9.79. The highest BCUT2D eigenvalue weighted by Gasteiger charge is 2.28. The van der Waals surface area contributed by atoms with Crippen molar-refractivity contribution in [2.75, 3.05) is 23.3 Å². The minimum atomic E-state index is 0.0161. The summed E-state index contributed by atoms with van der Waals surface area (Å²) in [7, 11) is 0. The number of nitrogens with zero attached hydrogens (tertiary/aromatic N) is 3. The number of carbonyl (C=O) groups is 1. The fraction of sp³-hybridized carbons (Fsp3) is 0.409. The number of hydrogen-bond donors (Lipinski definition) is 1. The van der Waals surface area contributed by atoms with Crippen LogP contribution in [-0.2, 0) is 4.79 Å². The second kappa shape index (κ2) is 7.26. The third-order valence-electron chi connectivity index (χ3n) is 5.57. The van der Waals surface area contributed by atoms with Crippen molar-refractivity contribution in [2.45, 2.75) is 40.5 Å². The van der Waals surface area contributed by atoms with E-state index in [1.54, 1.807) is 0 Å². The van der Waals surface area contributed by atoms with Crippen LogP contribution in [0.1, 0.15) is 35.6 Å². The molecule has 0 atom stereocenters. The Balaban J connectivity index is 1.49. The number of rotatable bonds is 3. The van der Waals surface area contributed by atoms with Crippen LogP contribution in [0, 0.1) is 33.6 Å². The molecule has 1 fully saturated rings. The molecule has 2 aromatic heterocycles. The van der Waals surface area contributed by atoms with E-state index in [1.807, 2.05) is 52.0 Å². The van der Waals surface area contributed by atoms with Gasteiger partial charge in [-0.3, -0.25) is 4.79 Å². The Morgan fingerprint density at radius 2 is 1.89 bits per heavy atom. The lowest BCUT2D eigenvalue weighted by Crippen LogP contribution is -2.38. The maximum Gasteiger partial charge on any atom is 0.231 e. The molecule has 1 N–H and O–H groups in total. The van der Waals surface area contributed by atoms with Crippen LogP contribution in [0.15, 0.2) is 28.7 Å². The van der Waals surface area contributed by atoms with Crippen molar-refractivity contribution in [1.29, 1.82) is 0 Å². The van der Waals surface area contributed by atoms with E-state index in [2.05, 4.69) is 15.2 Å². The molecule has 4 rings (SSSR count). The fourth-order valence-corrected chi connectivity index (χ4v) is 3.88. The third kappa shape index (κ3) is 3.46. The first kappa shape index (κ1) is 18.5. The Labute approximate surface area is 165 Å². The summed E-state index contributed by atoms with van der Waals surface area (Å²) in [6.07, 6.45) is 1.61. The van der Waals surface area contributed by atoms with E-state index in [0.29, 0.717) is 11.5 Å². The lowest BCUT2D eigenvalue weighted by molar-refractivity contribution is -0.120. The molecule has 28 heavy (non-hydrogen) atoms. The van der Waals surface area contributed by atoms with Crippen molar-refractivity contribution in [3.63, 3.8) is 0 Å². The summed E-state index contributed by atoms with van der Waals surface area (Å²) >= 11 is 0. The molecule has 6 heteroatoms. The molecule has 1 aliphatic heterocycles. The van der Waals surface area contributed by atoms with Crippen molar-refractivity contribution in [3.05, 3.63) is 47.0 Å². The lowest BCUT2D eigenvalue weighted by Gasteiger charge is -2.32. The first-order valence-electron chi connectivity index (χ1n) is 9.79. The molecule has 1 amide bonds. The minimum Gasteiger partial charge on any atom is -0.443 e. The van der Waals surface area contributed by atoms with Crippen LogP contribution in [-0.4, -0.2) is 29.0 Å². The molecule has 0 aliphatic carbocycles. The van der Waals surface area contributed by atoms with Gasteiger partial charge in [0.25, 0.3) is 0 Å². The summed E-state index contributed by atoms with van der Waals surface area (Å²) in [5.41, 5.74) is 3.74. The number of piperidine rings is 1. The zero-order valence-corrected chi connectivity index (χ0v) is 16.9. The molecule has 0 bridgehead atoms. The summed E-state index contributed by atoms with van der Waals surface area (Å²) in [4.78, 5) is 24.1. The van der Waals surface area contributed by atoms with E-state index >= 15 is 0 Å². The van der Waals surface area contributed by atoms with Gasteiger partial charge in [-0.05, 0) is 58.2 Å². The van der Waals surface area contributed by atoms with Crippen LogP contribution in [0.4, 0.5) is 11.5 Å². The second-order valence-corrected chi connectivity index (χ2v) is 7.68. The number of aryl methyl sites for hydroxylation is 4. The molecule has 3 aromatic rings. The van der Waals surface area contributed by atoms with Gasteiger partial charge in [0.1, 0.15) is 17.4 Å². The zero-order valence-electron chi connectivity index (χ0n) is 16.9. The number of amides is 1. The largest absolute Gasteiger partial charge is 0.443 e. The van der Waals surface area contributed by atoms with Gasteiger partial charge in [0.2, 0.25) is 11.6 Å². The van der Waals surface area contributed by atoms with Gasteiger partial charge in [0.15, 0.2) is 0 Å². The smallest absolute Gasteiger partial charge is 0.231 e. The topological polar surface area (TPSA) is 71.3 Å². The van der Waals surface area contributed by atoms with Crippen LogP contribution in [0.2, 0.25) is 0 Å². The molecule has 0 saturated carbocycles. The van der Waals surface area contributed by atoms with E-state index in [4.69, 9.17) is 9.40 Å². The highest BCUT2D eigenvalue weighted by atomic mass is 16.3. The van der Waals surface area contributed by atoms with Crippen molar-refractivity contribution < 1.29 is 9.21 Å². The van der Waals surface area contributed by atoms with E-state index < -0.39 is 0 Å². The summed E-state index contributed by atoms with van der Waals surface area (Å²) in [5, 5.41) is 4.05. The summed E-state index contributed by atoms with van der Waals surface area (Å²) in [6, 6.07) is 7.92. The molecule has 146 valence electrons. The van der Waals surface area contributed by atoms with Crippen LogP contribution >= 0.6 is 0 Å². The van der Waals surface area contributed by atoms with Crippen LogP contribution in [0.25, 0.3) is 11.1 Å². The Kier molecular flexibility index (Phi) is 4.79. The molecule has 1 aliphatic rings. The molecule has 0 spiro atoms. The number of carbonyl (C=O) groups excluding carboxylic acids is 1. The molecule has 1 aromatic carbocycles. The van der Waals surface area contributed by atoms with Gasteiger partial charge in [0, 0.05) is 30.3 Å². The Bertz CT molecular complexity index is 1030. The molecule has 0 radical (unpaired) electrons. The highest BCUT2D eigenvalue weighted by molar-refractivity contribution is 5.93. The normalized spacial score (nSPS) is 15.2. The molecular formula is C22H26N4O2. The van der Waals surface area contributed by atoms with Crippen LogP contribution < -0.4 is 10.2 Å². The van der Waals surface area contributed by atoms with Gasteiger partial charge in [-0.25, -0.2) is 4.98 Å². The fourth-order valence-electron chi connectivity index (χ4n) is 3.88. The van der Waals surface area contributed by atoms with Gasteiger partial charge in [-0.1, -0.05) is 12.1 Å². The number of aromatic nitrogens is 2. The predicted octanol–water partition coefficient (Wildman–Crippen LogP) is 4.31.